The summed E-state index contributed by atoms with van der Waals surface area (Å²) in [7, 11) is 0. The van der Waals surface area contributed by atoms with E-state index in [1.807, 2.05) is 22.8 Å². The molecule has 0 aromatic carbocycles. The Bertz CT molecular complexity index is 526. The Kier molecular flexibility index (Phi) is 2.59. The van der Waals surface area contributed by atoms with Crippen LogP contribution in [0.1, 0.15) is 43.0 Å². The first kappa shape index (κ1) is 10.7. The number of hydrogen-bond acceptors (Lipinski definition) is 3. The molecule has 0 saturated heterocycles. The van der Waals surface area contributed by atoms with Crippen molar-refractivity contribution in [2.75, 3.05) is 0 Å². The lowest BCUT2D eigenvalue weighted by Gasteiger charge is -2.22. The maximum absolute atomic E-state index is 9.50. The second-order valence-electron chi connectivity index (χ2n) is 4.98. The lowest BCUT2D eigenvalue weighted by molar-refractivity contribution is 0.121. The highest BCUT2D eigenvalue weighted by atomic mass is 16.3. The molecule has 0 atom stereocenters. The summed E-state index contributed by atoms with van der Waals surface area (Å²) in [5.74, 6) is 1.35. The molecule has 17 heavy (non-hydrogen) atoms. The molecule has 2 aromatic rings. The highest BCUT2D eigenvalue weighted by Gasteiger charge is 2.23. The van der Waals surface area contributed by atoms with Crippen LogP contribution in [0.3, 0.4) is 0 Å². The van der Waals surface area contributed by atoms with Crippen LogP contribution in [0.15, 0.2) is 18.3 Å². The predicted octanol–water partition coefficient (Wildman–Crippen LogP) is 2.06. The summed E-state index contributed by atoms with van der Waals surface area (Å²) in [4.78, 5) is 4.59. The monoisotopic (exact) mass is 231 g/mol. The van der Waals surface area contributed by atoms with Crippen LogP contribution in [0.4, 0.5) is 0 Å². The lowest BCUT2D eigenvalue weighted by atomic mass is 9.87. The van der Waals surface area contributed by atoms with Gasteiger partial charge >= 0.3 is 0 Å². The summed E-state index contributed by atoms with van der Waals surface area (Å²) in [5.41, 5.74) is 2.13. The fourth-order valence-corrected chi connectivity index (χ4v) is 2.51. The van der Waals surface area contributed by atoms with Gasteiger partial charge in [-0.05, 0) is 50.3 Å². The van der Waals surface area contributed by atoms with Gasteiger partial charge in [0.1, 0.15) is 0 Å². The second kappa shape index (κ2) is 4.11. The Hall–Kier alpha value is -1.42. The molecule has 0 unspecified atom stereocenters. The third kappa shape index (κ3) is 2.05. The van der Waals surface area contributed by atoms with Crippen molar-refractivity contribution in [3.05, 3.63) is 29.7 Å². The zero-order chi connectivity index (χ0) is 11.8. The van der Waals surface area contributed by atoms with Crippen molar-refractivity contribution in [2.45, 2.75) is 44.6 Å². The summed E-state index contributed by atoms with van der Waals surface area (Å²) in [6.45, 7) is 2.06. The molecule has 90 valence electrons. The summed E-state index contributed by atoms with van der Waals surface area (Å²) in [6.07, 6.45) is 5.58. The van der Waals surface area contributed by atoms with E-state index < -0.39 is 0 Å². The third-order valence-electron chi connectivity index (χ3n) is 3.57. The Morgan fingerprint density at radius 2 is 2.06 bits per heavy atom. The number of rotatable bonds is 1. The van der Waals surface area contributed by atoms with Gasteiger partial charge in [0, 0.05) is 12.1 Å². The average Bonchev–Trinajstić information content (AvgIpc) is 2.72. The molecule has 1 aliphatic carbocycles. The lowest BCUT2D eigenvalue weighted by Crippen LogP contribution is -2.17. The molecule has 1 aliphatic rings. The molecule has 1 saturated carbocycles. The fraction of sp³-hybridized carbons (Fsp3) is 0.538. The van der Waals surface area contributed by atoms with Gasteiger partial charge in [0.05, 0.1) is 6.10 Å². The topological polar surface area (TPSA) is 50.4 Å². The molecule has 0 radical (unpaired) electrons. The number of aromatic nitrogens is 3. The molecule has 1 fully saturated rings. The largest absolute Gasteiger partial charge is 0.393 e. The van der Waals surface area contributed by atoms with E-state index in [4.69, 9.17) is 0 Å². The third-order valence-corrected chi connectivity index (χ3v) is 3.57. The Morgan fingerprint density at radius 1 is 1.29 bits per heavy atom. The molecule has 2 heterocycles. The van der Waals surface area contributed by atoms with Crippen LogP contribution in [0.25, 0.3) is 5.65 Å². The molecule has 0 spiro atoms. The maximum atomic E-state index is 9.50. The van der Waals surface area contributed by atoms with Crippen LogP contribution in [0, 0.1) is 6.92 Å². The van der Waals surface area contributed by atoms with Gasteiger partial charge < -0.3 is 5.11 Å². The van der Waals surface area contributed by atoms with Crippen LogP contribution >= 0.6 is 0 Å². The predicted molar refractivity (Wildman–Crippen MR) is 64.9 cm³/mol. The van der Waals surface area contributed by atoms with Gasteiger partial charge in [0.2, 0.25) is 0 Å². The minimum absolute atomic E-state index is 0.120. The van der Waals surface area contributed by atoms with Crippen molar-refractivity contribution in [3.8, 4) is 0 Å². The van der Waals surface area contributed by atoms with E-state index >= 15 is 0 Å². The van der Waals surface area contributed by atoms with Gasteiger partial charge in [0.15, 0.2) is 11.5 Å². The Balaban J connectivity index is 1.90. The minimum atomic E-state index is -0.120. The first-order chi connectivity index (χ1) is 8.22. The SMILES string of the molecule is Cc1ccn2nc(C3CCC(O)CC3)nc2c1. The normalized spacial score (nSPS) is 25.3. The molecular formula is C13H17N3O. The standard InChI is InChI=1S/C13H17N3O/c1-9-6-7-16-12(8-9)14-13(15-16)10-2-4-11(17)5-3-10/h6-8,10-11,17H,2-5H2,1H3. The summed E-state index contributed by atoms with van der Waals surface area (Å²) >= 11 is 0. The molecule has 0 bridgehead atoms. The zero-order valence-corrected chi connectivity index (χ0v) is 10.0. The van der Waals surface area contributed by atoms with Gasteiger partial charge in [-0.1, -0.05) is 0 Å². The first-order valence-electron chi connectivity index (χ1n) is 6.23. The van der Waals surface area contributed by atoms with Crippen molar-refractivity contribution in [1.29, 1.82) is 0 Å². The molecule has 2 aromatic heterocycles. The van der Waals surface area contributed by atoms with Crippen molar-refractivity contribution >= 4 is 5.65 Å². The van der Waals surface area contributed by atoms with E-state index in [-0.39, 0.29) is 6.10 Å². The molecule has 0 amide bonds. The van der Waals surface area contributed by atoms with Crippen molar-refractivity contribution in [2.24, 2.45) is 0 Å². The van der Waals surface area contributed by atoms with E-state index in [1.165, 1.54) is 5.56 Å². The van der Waals surface area contributed by atoms with Gasteiger partial charge in [-0.25, -0.2) is 9.50 Å². The summed E-state index contributed by atoms with van der Waals surface area (Å²) in [6, 6.07) is 4.09. The average molecular weight is 231 g/mol. The number of aliphatic hydroxyl groups is 1. The van der Waals surface area contributed by atoms with Gasteiger partial charge in [-0.2, -0.15) is 5.10 Å². The van der Waals surface area contributed by atoms with Crippen LogP contribution in [-0.4, -0.2) is 25.8 Å². The number of fused-ring (bicyclic) bond motifs is 1. The van der Waals surface area contributed by atoms with Crippen molar-refractivity contribution < 1.29 is 5.11 Å². The molecule has 4 nitrogen and oxygen atoms in total. The minimum Gasteiger partial charge on any atom is -0.393 e. The van der Waals surface area contributed by atoms with E-state index in [2.05, 4.69) is 17.0 Å². The maximum Gasteiger partial charge on any atom is 0.155 e. The number of pyridine rings is 1. The van der Waals surface area contributed by atoms with Gasteiger partial charge in [-0.3, -0.25) is 0 Å². The molecule has 1 N–H and O–H groups in total. The number of aryl methyl sites for hydroxylation is 1. The molecule has 3 rings (SSSR count). The number of nitrogens with zero attached hydrogens (tertiary/aromatic N) is 3. The highest BCUT2D eigenvalue weighted by molar-refractivity contribution is 5.40. The van der Waals surface area contributed by atoms with Crippen LogP contribution < -0.4 is 0 Å². The second-order valence-corrected chi connectivity index (χ2v) is 4.98. The van der Waals surface area contributed by atoms with Crippen molar-refractivity contribution in [1.82, 2.24) is 14.6 Å². The zero-order valence-electron chi connectivity index (χ0n) is 10.0. The Morgan fingerprint density at radius 3 is 2.82 bits per heavy atom. The number of hydrogen-bond donors (Lipinski definition) is 1. The van der Waals surface area contributed by atoms with Gasteiger partial charge in [0.25, 0.3) is 0 Å². The fourth-order valence-electron chi connectivity index (χ4n) is 2.51. The Labute approximate surface area is 100 Å². The van der Waals surface area contributed by atoms with E-state index in [1.54, 1.807) is 0 Å². The summed E-state index contributed by atoms with van der Waals surface area (Å²) in [5, 5.41) is 14.0. The quantitative estimate of drug-likeness (QED) is 0.817. The first-order valence-corrected chi connectivity index (χ1v) is 6.23. The van der Waals surface area contributed by atoms with Crippen molar-refractivity contribution in [3.63, 3.8) is 0 Å². The van der Waals surface area contributed by atoms with E-state index in [0.29, 0.717) is 5.92 Å². The molecule has 0 aliphatic heterocycles. The van der Waals surface area contributed by atoms with Gasteiger partial charge in [-0.15, -0.1) is 0 Å². The van der Waals surface area contributed by atoms with Crippen LogP contribution in [0.2, 0.25) is 0 Å². The smallest absolute Gasteiger partial charge is 0.155 e. The molecule has 4 heteroatoms. The van der Waals surface area contributed by atoms with E-state index in [9.17, 15) is 5.11 Å². The van der Waals surface area contributed by atoms with E-state index in [0.717, 1.165) is 37.2 Å². The molecular weight excluding hydrogens is 214 g/mol. The highest BCUT2D eigenvalue weighted by Crippen LogP contribution is 2.31. The van der Waals surface area contributed by atoms with Crippen LogP contribution in [-0.2, 0) is 0 Å². The summed E-state index contributed by atoms with van der Waals surface area (Å²) < 4.78 is 1.84. The van der Waals surface area contributed by atoms with Crippen LogP contribution in [0.5, 0.6) is 0 Å². The number of aliphatic hydroxyl groups excluding tert-OH is 1.